The molecule has 0 radical (unpaired) electrons. The fraction of sp³-hybridized carbons (Fsp3) is 0.357. The number of nitro benzene ring substituents is 1. The number of hydrogen-bond donors (Lipinski definition) is 1. The summed E-state index contributed by atoms with van der Waals surface area (Å²) in [5.74, 6) is 0.804. The number of fused-ring (bicyclic) bond motifs is 1. The highest BCUT2D eigenvalue weighted by Gasteiger charge is 2.15. The zero-order valence-electron chi connectivity index (χ0n) is 11.4. The van der Waals surface area contributed by atoms with Crippen molar-refractivity contribution < 1.29 is 4.92 Å². The molecule has 0 fully saturated rings. The highest BCUT2D eigenvalue weighted by Crippen LogP contribution is 2.29. The zero-order valence-corrected chi connectivity index (χ0v) is 11.4. The molecule has 0 saturated carbocycles. The molecule has 2 aromatic rings. The predicted molar refractivity (Wildman–Crippen MR) is 76.7 cm³/mol. The minimum atomic E-state index is -0.366. The van der Waals surface area contributed by atoms with Crippen molar-refractivity contribution in [3.8, 4) is 0 Å². The van der Waals surface area contributed by atoms with Crippen LogP contribution in [0.1, 0.15) is 24.5 Å². The molecular weight excluding hydrogens is 242 g/mol. The summed E-state index contributed by atoms with van der Waals surface area (Å²) >= 11 is 0. The average Bonchev–Trinajstić information content (AvgIpc) is 2.38. The smallest absolute Gasteiger partial charge is 0.274 e. The second-order valence-electron chi connectivity index (χ2n) is 4.53. The van der Waals surface area contributed by atoms with Crippen molar-refractivity contribution in [1.82, 2.24) is 4.98 Å². The zero-order chi connectivity index (χ0) is 14.0. The van der Waals surface area contributed by atoms with E-state index in [-0.39, 0.29) is 10.6 Å². The van der Waals surface area contributed by atoms with E-state index in [1.165, 1.54) is 0 Å². The molecule has 1 aromatic carbocycles. The summed E-state index contributed by atoms with van der Waals surface area (Å²) in [6.45, 7) is 3.86. The summed E-state index contributed by atoms with van der Waals surface area (Å²) in [4.78, 5) is 15.1. The van der Waals surface area contributed by atoms with E-state index in [0.717, 1.165) is 29.6 Å². The van der Waals surface area contributed by atoms with Crippen molar-refractivity contribution in [3.63, 3.8) is 0 Å². The molecule has 0 bridgehead atoms. The highest BCUT2D eigenvalue weighted by molar-refractivity contribution is 5.87. The van der Waals surface area contributed by atoms with E-state index in [9.17, 15) is 10.1 Å². The summed E-state index contributed by atoms with van der Waals surface area (Å²) in [6.07, 6.45) is 1.98. The van der Waals surface area contributed by atoms with Gasteiger partial charge in [0.15, 0.2) is 0 Å². The molecule has 0 amide bonds. The van der Waals surface area contributed by atoms with Gasteiger partial charge in [-0.1, -0.05) is 13.3 Å². The summed E-state index contributed by atoms with van der Waals surface area (Å²) in [5, 5.41) is 15.0. The van der Waals surface area contributed by atoms with Crippen molar-refractivity contribution in [1.29, 1.82) is 0 Å². The number of rotatable bonds is 4. The second kappa shape index (κ2) is 5.22. The molecule has 100 valence electrons. The maximum Gasteiger partial charge on any atom is 0.274 e. The quantitative estimate of drug-likeness (QED) is 0.674. The van der Waals surface area contributed by atoms with E-state index >= 15 is 0 Å². The van der Waals surface area contributed by atoms with Crippen LogP contribution in [-0.4, -0.2) is 17.0 Å². The van der Waals surface area contributed by atoms with Crippen LogP contribution in [0.3, 0.4) is 0 Å². The second-order valence-corrected chi connectivity index (χ2v) is 4.53. The van der Waals surface area contributed by atoms with Crippen molar-refractivity contribution in [3.05, 3.63) is 39.4 Å². The molecule has 5 nitrogen and oxygen atoms in total. The summed E-state index contributed by atoms with van der Waals surface area (Å²) in [5.41, 5.74) is 2.57. The number of hydrogen-bond acceptors (Lipinski definition) is 4. The Morgan fingerprint density at radius 3 is 2.74 bits per heavy atom. The van der Waals surface area contributed by atoms with Gasteiger partial charge in [-0.25, -0.2) is 4.98 Å². The van der Waals surface area contributed by atoms with Gasteiger partial charge in [0, 0.05) is 18.5 Å². The molecule has 0 saturated heterocycles. The first kappa shape index (κ1) is 13.3. The standard InChI is InChI=1S/C14H17N3O2/c1-4-5-11-8-10-6-7-12(17(18)19)9(2)13(10)16-14(11)15-3/h6-8H,4-5H2,1-3H3,(H,15,16). The summed E-state index contributed by atoms with van der Waals surface area (Å²) < 4.78 is 0. The van der Waals surface area contributed by atoms with Gasteiger partial charge in [-0.05, 0) is 31.0 Å². The van der Waals surface area contributed by atoms with E-state index in [4.69, 9.17) is 0 Å². The molecule has 1 heterocycles. The largest absolute Gasteiger partial charge is 0.373 e. The van der Waals surface area contributed by atoms with Gasteiger partial charge in [0.25, 0.3) is 5.69 Å². The van der Waals surface area contributed by atoms with E-state index < -0.39 is 0 Å². The number of nitrogens with one attached hydrogen (secondary N) is 1. The van der Waals surface area contributed by atoms with Crippen LogP contribution in [0.4, 0.5) is 11.5 Å². The third-order valence-corrected chi connectivity index (χ3v) is 3.24. The molecule has 19 heavy (non-hydrogen) atoms. The minimum Gasteiger partial charge on any atom is -0.373 e. The Labute approximate surface area is 111 Å². The van der Waals surface area contributed by atoms with Gasteiger partial charge in [-0.15, -0.1) is 0 Å². The van der Waals surface area contributed by atoms with Crippen LogP contribution in [0.2, 0.25) is 0 Å². The molecule has 0 unspecified atom stereocenters. The maximum absolute atomic E-state index is 11.0. The number of nitro groups is 1. The molecule has 0 aliphatic heterocycles. The minimum absolute atomic E-state index is 0.116. The van der Waals surface area contributed by atoms with Crippen LogP contribution in [-0.2, 0) is 6.42 Å². The lowest BCUT2D eigenvalue weighted by Crippen LogP contribution is -2.01. The topological polar surface area (TPSA) is 68.1 Å². The third kappa shape index (κ3) is 2.36. The van der Waals surface area contributed by atoms with Gasteiger partial charge in [-0.2, -0.15) is 0 Å². The van der Waals surface area contributed by atoms with Gasteiger partial charge >= 0.3 is 0 Å². The third-order valence-electron chi connectivity index (χ3n) is 3.24. The first-order valence-electron chi connectivity index (χ1n) is 6.33. The lowest BCUT2D eigenvalue weighted by atomic mass is 10.0. The van der Waals surface area contributed by atoms with Crippen molar-refractivity contribution in [2.24, 2.45) is 0 Å². The van der Waals surface area contributed by atoms with Crippen LogP contribution in [0.25, 0.3) is 10.9 Å². The van der Waals surface area contributed by atoms with Crippen molar-refractivity contribution in [2.45, 2.75) is 26.7 Å². The number of pyridine rings is 1. The van der Waals surface area contributed by atoms with E-state index in [0.29, 0.717) is 11.1 Å². The SMILES string of the molecule is CCCc1cc2ccc([N+](=O)[O-])c(C)c2nc1NC. The molecule has 0 spiro atoms. The van der Waals surface area contributed by atoms with Gasteiger partial charge in [0.1, 0.15) is 5.82 Å². The Bertz CT molecular complexity index is 638. The Kier molecular flexibility index (Phi) is 3.64. The van der Waals surface area contributed by atoms with Crippen LogP contribution < -0.4 is 5.32 Å². The average molecular weight is 259 g/mol. The molecule has 5 heteroatoms. The lowest BCUT2D eigenvalue weighted by Gasteiger charge is -2.10. The van der Waals surface area contributed by atoms with E-state index in [1.54, 1.807) is 19.1 Å². The Hall–Kier alpha value is -2.17. The number of aryl methyl sites for hydroxylation is 2. The molecule has 2 rings (SSSR count). The fourth-order valence-electron chi connectivity index (χ4n) is 2.29. The van der Waals surface area contributed by atoms with Gasteiger partial charge < -0.3 is 5.32 Å². The maximum atomic E-state index is 11.0. The predicted octanol–water partition coefficient (Wildman–Crippen LogP) is 3.45. The van der Waals surface area contributed by atoms with Gasteiger partial charge in [-0.3, -0.25) is 10.1 Å². The summed E-state index contributed by atoms with van der Waals surface area (Å²) in [6, 6.07) is 5.38. The molecule has 0 aliphatic carbocycles. The Morgan fingerprint density at radius 1 is 1.42 bits per heavy atom. The van der Waals surface area contributed by atoms with Crippen LogP contribution in [0.15, 0.2) is 18.2 Å². The highest BCUT2D eigenvalue weighted by atomic mass is 16.6. The molecule has 1 N–H and O–H groups in total. The van der Waals surface area contributed by atoms with Gasteiger partial charge in [0.2, 0.25) is 0 Å². The monoisotopic (exact) mass is 259 g/mol. The first-order chi connectivity index (χ1) is 9.08. The molecular formula is C14H17N3O2. The number of aromatic nitrogens is 1. The van der Waals surface area contributed by atoms with Crippen LogP contribution in [0.5, 0.6) is 0 Å². The molecule has 0 aliphatic rings. The van der Waals surface area contributed by atoms with E-state index in [2.05, 4.69) is 23.3 Å². The normalized spacial score (nSPS) is 10.7. The number of anilines is 1. The Morgan fingerprint density at radius 2 is 2.16 bits per heavy atom. The van der Waals surface area contributed by atoms with Crippen molar-refractivity contribution >= 4 is 22.4 Å². The van der Waals surface area contributed by atoms with Gasteiger partial charge in [0.05, 0.1) is 16.0 Å². The fourth-order valence-corrected chi connectivity index (χ4v) is 2.29. The molecule has 0 atom stereocenters. The number of nitrogens with zero attached hydrogens (tertiary/aromatic N) is 2. The van der Waals surface area contributed by atoms with Crippen LogP contribution >= 0.6 is 0 Å². The summed E-state index contributed by atoms with van der Waals surface area (Å²) in [7, 11) is 1.82. The molecule has 1 aromatic heterocycles. The lowest BCUT2D eigenvalue weighted by molar-refractivity contribution is -0.385. The van der Waals surface area contributed by atoms with Crippen LogP contribution in [0, 0.1) is 17.0 Å². The Balaban J connectivity index is 2.70. The number of benzene rings is 1. The van der Waals surface area contributed by atoms with Crippen molar-refractivity contribution in [2.75, 3.05) is 12.4 Å². The first-order valence-corrected chi connectivity index (χ1v) is 6.33. The van der Waals surface area contributed by atoms with E-state index in [1.807, 2.05) is 7.05 Å².